The van der Waals surface area contributed by atoms with Crippen LogP contribution in [0.4, 0.5) is 11.8 Å². The first-order chi connectivity index (χ1) is 11.7. The smallest absolute Gasteiger partial charge is 0.226 e. The first-order valence-electron chi connectivity index (χ1n) is 8.39. The summed E-state index contributed by atoms with van der Waals surface area (Å²) in [5, 5.41) is 1.26. The lowest BCUT2D eigenvalue weighted by molar-refractivity contribution is 0.505. The van der Waals surface area contributed by atoms with Crippen molar-refractivity contribution in [3.8, 4) is 0 Å². The van der Waals surface area contributed by atoms with Crippen LogP contribution in [0.1, 0.15) is 24.3 Å². The monoisotopic (exact) mass is 322 g/mol. The quantitative estimate of drug-likeness (QED) is 0.803. The topological polar surface area (TPSA) is 60.9 Å². The van der Waals surface area contributed by atoms with Gasteiger partial charge >= 0.3 is 0 Å². The zero-order chi connectivity index (χ0) is 16.5. The first kappa shape index (κ1) is 14.9. The van der Waals surface area contributed by atoms with Crippen LogP contribution in [-0.4, -0.2) is 47.1 Å². The Balaban J connectivity index is 1.50. The lowest BCUT2D eigenvalue weighted by atomic mass is 9.89. The van der Waals surface area contributed by atoms with Gasteiger partial charge in [0.1, 0.15) is 11.5 Å². The molecule has 6 nitrogen and oxygen atoms in total. The van der Waals surface area contributed by atoms with Gasteiger partial charge in [-0.3, -0.25) is 0 Å². The molecule has 0 aliphatic carbocycles. The fourth-order valence-electron chi connectivity index (χ4n) is 3.47. The number of hydrogen-bond acceptors (Lipinski definition) is 5. The van der Waals surface area contributed by atoms with E-state index in [1.54, 1.807) is 0 Å². The number of fused-ring (bicyclic) bond motifs is 1. The van der Waals surface area contributed by atoms with Gasteiger partial charge in [-0.1, -0.05) is 0 Å². The summed E-state index contributed by atoms with van der Waals surface area (Å²) in [6, 6.07) is 6.18. The number of pyridine rings is 1. The van der Waals surface area contributed by atoms with E-state index in [-0.39, 0.29) is 0 Å². The highest BCUT2D eigenvalue weighted by Gasteiger charge is 2.24. The maximum absolute atomic E-state index is 4.66. The van der Waals surface area contributed by atoms with E-state index >= 15 is 0 Å². The van der Waals surface area contributed by atoms with Crippen LogP contribution in [0, 0.1) is 0 Å². The fraction of sp³-hybridized carbons (Fsp3) is 0.389. The summed E-state index contributed by atoms with van der Waals surface area (Å²) in [6.45, 7) is 2.03. The van der Waals surface area contributed by atoms with E-state index in [9.17, 15) is 0 Å². The standard InChI is InChI=1S/C18H22N6/c1-23(2)18-20-9-5-16(22-18)24-10-6-13(7-11-24)15-12-21-17-14(15)4-3-8-19-17/h3-5,8-9,12-13H,6-7,10-11H2,1-2H3,(H,19,21). The van der Waals surface area contributed by atoms with Crippen molar-refractivity contribution in [2.75, 3.05) is 37.0 Å². The van der Waals surface area contributed by atoms with E-state index < -0.39 is 0 Å². The number of aromatic amines is 1. The van der Waals surface area contributed by atoms with E-state index in [4.69, 9.17) is 0 Å². The maximum atomic E-state index is 4.66. The van der Waals surface area contributed by atoms with E-state index in [1.807, 2.05) is 43.5 Å². The van der Waals surface area contributed by atoms with Crippen LogP contribution >= 0.6 is 0 Å². The van der Waals surface area contributed by atoms with Gasteiger partial charge in [-0.25, -0.2) is 9.97 Å². The number of aromatic nitrogens is 4. The molecule has 124 valence electrons. The molecule has 1 saturated heterocycles. The summed E-state index contributed by atoms with van der Waals surface area (Å²) in [5.74, 6) is 2.36. The molecule has 0 atom stereocenters. The Morgan fingerprint density at radius 3 is 2.75 bits per heavy atom. The molecule has 0 spiro atoms. The van der Waals surface area contributed by atoms with Crippen molar-refractivity contribution in [2.45, 2.75) is 18.8 Å². The minimum atomic E-state index is 0.578. The van der Waals surface area contributed by atoms with Crippen LogP contribution in [0.2, 0.25) is 0 Å². The average Bonchev–Trinajstić information content (AvgIpc) is 3.06. The molecule has 0 radical (unpaired) electrons. The molecule has 3 aromatic rings. The van der Waals surface area contributed by atoms with E-state index in [1.165, 1.54) is 10.9 Å². The first-order valence-corrected chi connectivity index (χ1v) is 8.39. The molecule has 24 heavy (non-hydrogen) atoms. The molecule has 0 aromatic carbocycles. The highest BCUT2D eigenvalue weighted by molar-refractivity contribution is 5.80. The van der Waals surface area contributed by atoms with E-state index in [0.717, 1.165) is 43.3 Å². The number of hydrogen-bond donors (Lipinski definition) is 1. The molecule has 1 fully saturated rings. The average molecular weight is 322 g/mol. The zero-order valence-corrected chi connectivity index (χ0v) is 14.1. The van der Waals surface area contributed by atoms with Crippen molar-refractivity contribution < 1.29 is 0 Å². The molecule has 0 saturated carbocycles. The minimum absolute atomic E-state index is 0.578. The van der Waals surface area contributed by atoms with Gasteiger partial charge in [0.15, 0.2) is 0 Å². The minimum Gasteiger partial charge on any atom is -0.356 e. The van der Waals surface area contributed by atoms with Crippen LogP contribution < -0.4 is 9.80 Å². The van der Waals surface area contributed by atoms with Crippen molar-refractivity contribution in [3.05, 3.63) is 42.4 Å². The summed E-state index contributed by atoms with van der Waals surface area (Å²) in [4.78, 5) is 21.0. The molecule has 4 heterocycles. The maximum Gasteiger partial charge on any atom is 0.226 e. The highest BCUT2D eigenvalue weighted by atomic mass is 15.3. The largest absolute Gasteiger partial charge is 0.356 e. The molecule has 1 aliphatic rings. The Morgan fingerprint density at radius 2 is 1.96 bits per heavy atom. The number of H-pyrrole nitrogens is 1. The summed E-state index contributed by atoms with van der Waals surface area (Å²) < 4.78 is 0. The molecule has 6 heteroatoms. The zero-order valence-electron chi connectivity index (χ0n) is 14.1. The van der Waals surface area contributed by atoms with Gasteiger partial charge in [-0.2, -0.15) is 4.98 Å². The van der Waals surface area contributed by atoms with Crippen molar-refractivity contribution in [1.82, 2.24) is 19.9 Å². The van der Waals surface area contributed by atoms with Crippen LogP contribution in [0.15, 0.2) is 36.8 Å². The van der Waals surface area contributed by atoms with Gasteiger partial charge in [-0.15, -0.1) is 0 Å². The van der Waals surface area contributed by atoms with E-state index in [0.29, 0.717) is 5.92 Å². The van der Waals surface area contributed by atoms with Gasteiger partial charge in [0.2, 0.25) is 5.95 Å². The third-order valence-corrected chi connectivity index (χ3v) is 4.77. The SMILES string of the molecule is CN(C)c1nccc(N2CCC(c3c[nH]c4ncccc34)CC2)n1. The summed E-state index contributed by atoms with van der Waals surface area (Å²) >= 11 is 0. The molecular formula is C18H22N6. The Kier molecular flexibility index (Phi) is 3.80. The molecule has 0 amide bonds. The molecular weight excluding hydrogens is 300 g/mol. The van der Waals surface area contributed by atoms with E-state index in [2.05, 4.69) is 37.1 Å². The lowest BCUT2D eigenvalue weighted by Crippen LogP contribution is -2.33. The van der Waals surface area contributed by atoms with Gasteiger partial charge in [-0.05, 0) is 42.5 Å². The Morgan fingerprint density at radius 1 is 1.12 bits per heavy atom. The number of nitrogens with zero attached hydrogens (tertiary/aromatic N) is 5. The molecule has 3 aromatic heterocycles. The number of rotatable bonds is 3. The fourth-order valence-corrected chi connectivity index (χ4v) is 3.47. The van der Waals surface area contributed by atoms with Gasteiger partial charge in [0.25, 0.3) is 0 Å². The van der Waals surface area contributed by atoms with Crippen LogP contribution in [-0.2, 0) is 0 Å². The Labute approximate surface area is 141 Å². The third-order valence-electron chi connectivity index (χ3n) is 4.77. The predicted octanol–water partition coefficient (Wildman–Crippen LogP) is 2.80. The highest BCUT2D eigenvalue weighted by Crippen LogP contribution is 2.33. The predicted molar refractivity (Wildman–Crippen MR) is 96.6 cm³/mol. The summed E-state index contributed by atoms with van der Waals surface area (Å²) in [6.07, 6.45) is 8.07. The molecule has 0 bridgehead atoms. The molecule has 0 unspecified atom stereocenters. The van der Waals surface area contributed by atoms with Crippen molar-refractivity contribution in [3.63, 3.8) is 0 Å². The second kappa shape index (κ2) is 6.11. The van der Waals surface area contributed by atoms with Crippen LogP contribution in [0.3, 0.4) is 0 Å². The molecule has 4 rings (SSSR count). The van der Waals surface area contributed by atoms with Crippen molar-refractivity contribution in [1.29, 1.82) is 0 Å². The van der Waals surface area contributed by atoms with Gasteiger partial charge < -0.3 is 14.8 Å². The Hall–Kier alpha value is -2.63. The summed E-state index contributed by atoms with van der Waals surface area (Å²) in [5.41, 5.74) is 2.38. The number of piperidine rings is 1. The van der Waals surface area contributed by atoms with Gasteiger partial charge in [0, 0.05) is 51.2 Å². The molecule has 1 N–H and O–H groups in total. The van der Waals surface area contributed by atoms with Crippen molar-refractivity contribution in [2.24, 2.45) is 0 Å². The normalized spacial score (nSPS) is 15.8. The summed E-state index contributed by atoms with van der Waals surface area (Å²) in [7, 11) is 3.94. The Bertz CT molecular complexity index is 832. The van der Waals surface area contributed by atoms with Crippen LogP contribution in [0.25, 0.3) is 11.0 Å². The van der Waals surface area contributed by atoms with Crippen LogP contribution in [0.5, 0.6) is 0 Å². The lowest BCUT2D eigenvalue weighted by Gasteiger charge is -2.33. The second-order valence-electron chi connectivity index (χ2n) is 6.51. The third kappa shape index (κ3) is 2.68. The molecule has 1 aliphatic heterocycles. The van der Waals surface area contributed by atoms with Crippen molar-refractivity contribution >= 4 is 22.8 Å². The number of anilines is 2. The second-order valence-corrected chi connectivity index (χ2v) is 6.51. The number of nitrogens with one attached hydrogen (secondary N) is 1. The van der Waals surface area contributed by atoms with Gasteiger partial charge in [0.05, 0.1) is 0 Å².